The third-order valence-corrected chi connectivity index (χ3v) is 5.50. The van der Waals surface area contributed by atoms with Crippen LogP contribution in [0.25, 0.3) is 0 Å². The number of hydrogen-bond acceptors (Lipinski definition) is 5. The molecular formula is C23H29N5O3. The lowest BCUT2D eigenvalue weighted by molar-refractivity contribution is -0.129. The number of methoxy groups -OCH3 is 1. The number of benzene rings is 2. The maximum Gasteiger partial charge on any atom is 0.242 e. The number of amides is 2. The molecule has 2 aromatic rings. The Hall–Kier alpha value is -3.39. The second-order valence-electron chi connectivity index (χ2n) is 7.73. The van der Waals surface area contributed by atoms with Gasteiger partial charge in [0.15, 0.2) is 0 Å². The third kappa shape index (κ3) is 5.82. The van der Waals surface area contributed by atoms with Crippen molar-refractivity contribution in [2.75, 3.05) is 13.7 Å². The molecule has 3 rings (SSSR count). The molecule has 2 aromatic carbocycles. The van der Waals surface area contributed by atoms with E-state index in [1.165, 1.54) is 0 Å². The van der Waals surface area contributed by atoms with Crippen LogP contribution in [-0.2, 0) is 16.1 Å². The molecule has 1 fully saturated rings. The van der Waals surface area contributed by atoms with E-state index >= 15 is 0 Å². The zero-order valence-corrected chi connectivity index (χ0v) is 17.8. The quantitative estimate of drug-likeness (QED) is 0.322. The summed E-state index contributed by atoms with van der Waals surface area (Å²) in [5.41, 5.74) is 8.09. The topological polar surface area (TPSA) is 129 Å². The summed E-state index contributed by atoms with van der Waals surface area (Å²) in [7, 11) is 1.63. The standard InChI is InChI=1S/C23H29N5O3/c1-14(22(29)27-12-15-6-8-16(9-7-15)21(24)25)28-23(30)20-11-18(13-26-20)17-4-3-5-19(10-17)31-2/h3-10,14,18,20,26H,11-13H2,1-2H3,(H3,24,25)(H,27,29)(H,28,30)/t14-,18+,20+/m0/s1. The van der Waals surface area contributed by atoms with E-state index in [2.05, 4.69) is 16.0 Å². The van der Waals surface area contributed by atoms with E-state index in [4.69, 9.17) is 15.9 Å². The van der Waals surface area contributed by atoms with E-state index in [-0.39, 0.29) is 29.6 Å². The molecule has 1 aliphatic heterocycles. The Labute approximate surface area is 182 Å². The number of ether oxygens (including phenoxy) is 1. The molecule has 0 aromatic heterocycles. The summed E-state index contributed by atoms with van der Waals surface area (Å²) >= 11 is 0. The van der Waals surface area contributed by atoms with Gasteiger partial charge in [0.1, 0.15) is 17.6 Å². The van der Waals surface area contributed by atoms with Crippen molar-refractivity contribution in [2.45, 2.75) is 37.9 Å². The molecule has 3 atom stereocenters. The van der Waals surface area contributed by atoms with Crippen LogP contribution < -0.4 is 26.4 Å². The van der Waals surface area contributed by atoms with Gasteiger partial charge in [0.05, 0.1) is 13.2 Å². The van der Waals surface area contributed by atoms with E-state index < -0.39 is 6.04 Å². The second kappa shape index (κ2) is 10.1. The van der Waals surface area contributed by atoms with Crippen molar-refractivity contribution >= 4 is 17.6 Å². The predicted molar refractivity (Wildman–Crippen MR) is 119 cm³/mol. The number of amidine groups is 1. The van der Waals surface area contributed by atoms with Gasteiger partial charge >= 0.3 is 0 Å². The normalized spacial score (nSPS) is 18.8. The Kier molecular flexibility index (Phi) is 7.25. The van der Waals surface area contributed by atoms with Gasteiger partial charge in [0.25, 0.3) is 0 Å². The maximum absolute atomic E-state index is 12.6. The number of nitrogens with two attached hydrogens (primary N) is 1. The molecule has 0 aliphatic carbocycles. The lowest BCUT2D eigenvalue weighted by Gasteiger charge is -2.17. The average Bonchev–Trinajstić information content (AvgIpc) is 3.28. The monoisotopic (exact) mass is 423 g/mol. The first-order chi connectivity index (χ1) is 14.9. The Balaban J connectivity index is 1.47. The Morgan fingerprint density at radius 2 is 2.00 bits per heavy atom. The molecule has 1 heterocycles. The average molecular weight is 424 g/mol. The van der Waals surface area contributed by atoms with Crippen LogP contribution in [0.4, 0.5) is 0 Å². The van der Waals surface area contributed by atoms with Crippen molar-refractivity contribution < 1.29 is 14.3 Å². The van der Waals surface area contributed by atoms with E-state index in [0.717, 1.165) is 16.9 Å². The minimum absolute atomic E-state index is 0.00100. The largest absolute Gasteiger partial charge is 0.497 e. The van der Waals surface area contributed by atoms with Gasteiger partial charge in [-0.15, -0.1) is 0 Å². The van der Waals surface area contributed by atoms with Gasteiger partial charge < -0.3 is 26.4 Å². The molecule has 164 valence electrons. The minimum atomic E-state index is -0.651. The number of nitrogen functional groups attached to an aromatic ring is 1. The molecule has 1 saturated heterocycles. The van der Waals surface area contributed by atoms with Crippen LogP contribution in [0.3, 0.4) is 0 Å². The summed E-state index contributed by atoms with van der Waals surface area (Å²) in [6, 6.07) is 14.0. The van der Waals surface area contributed by atoms with Crippen LogP contribution in [0, 0.1) is 5.41 Å². The molecule has 0 saturated carbocycles. The van der Waals surface area contributed by atoms with Gasteiger partial charge in [0.2, 0.25) is 11.8 Å². The lowest BCUT2D eigenvalue weighted by Crippen LogP contribution is -2.49. The van der Waals surface area contributed by atoms with Gasteiger partial charge in [-0.2, -0.15) is 0 Å². The first-order valence-corrected chi connectivity index (χ1v) is 10.3. The smallest absolute Gasteiger partial charge is 0.242 e. The Morgan fingerprint density at radius 3 is 2.68 bits per heavy atom. The Morgan fingerprint density at radius 1 is 1.26 bits per heavy atom. The molecule has 6 N–H and O–H groups in total. The van der Waals surface area contributed by atoms with Crippen molar-refractivity contribution in [2.24, 2.45) is 5.73 Å². The molecule has 31 heavy (non-hydrogen) atoms. The summed E-state index contributed by atoms with van der Waals surface area (Å²) in [6.07, 6.45) is 0.663. The highest BCUT2D eigenvalue weighted by atomic mass is 16.5. The summed E-state index contributed by atoms with van der Waals surface area (Å²) in [5, 5.41) is 16.3. The van der Waals surface area contributed by atoms with Crippen LogP contribution >= 0.6 is 0 Å². The van der Waals surface area contributed by atoms with E-state index in [1.54, 1.807) is 38.3 Å². The van der Waals surface area contributed by atoms with Crippen LogP contribution in [0.1, 0.15) is 36.0 Å². The highest BCUT2D eigenvalue weighted by molar-refractivity contribution is 5.95. The van der Waals surface area contributed by atoms with Gasteiger partial charge in [0, 0.05) is 18.7 Å². The summed E-state index contributed by atoms with van der Waals surface area (Å²) < 4.78 is 5.28. The van der Waals surface area contributed by atoms with Crippen LogP contribution in [0.2, 0.25) is 0 Å². The zero-order chi connectivity index (χ0) is 22.4. The summed E-state index contributed by atoms with van der Waals surface area (Å²) in [4.78, 5) is 25.0. The number of carbonyl (C=O) groups is 2. The van der Waals surface area contributed by atoms with Gasteiger partial charge in [-0.05, 0) is 42.5 Å². The highest BCUT2D eigenvalue weighted by Crippen LogP contribution is 2.28. The Bertz CT molecular complexity index is 944. The van der Waals surface area contributed by atoms with Crippen molar-refractivity contribution in [1.29, 1.82) is 5.41 Å². The fourth-order valence-corrected chi connectivity index (χ4v) is 3.61. The minimum Gasteiger partial charge on any atom is -0.497 e. The molecule has 2 amide bonds. The fourth-order valence-electron chi connectivity index (χ4n) is 3.61. The fraction of sp³-hybridized carbons (Fsp3) is 0.348. The van der Waals surface area contributed by atoms with Gasteiger partial charge in [-0.25, -0.2) is 0 Å². The van der Waals surface area contributed by atoms with E-state index in [0.29, 0.717) is 25.1 Å². The summed E-state index contributed by atoms with van der Waals surface area (Å²) in [6.45, 7) is 2.69. The molecule has 8 heteroatoms. The predicted octanol–water partition coefficient (Wildman–Crippen LogP) is 1.25. The van der Waals surface area contributed by atoms with Crippen molar-refractivity contribution in [3.63, 3.8) is 0 Å². The van der Waals surface area contributed by atoms with Gasteiger partial charge in [-0.3, -0.25) is 15.0 Å². The van der Waals surface area contributed by atoms with Crippen molar-refractivity contribution in [3.05, 3.63) is 65.2 Å². The second-order valence-corrected chi connectivity index (χ2v) is 7.73. The number of carbonyl (C=O) groups excluding carboxylic acids is 2. The number of hydrogen-bond donors (Lipinski definition) is 5. The van der Waals surface area contributed by atoms with Crippen molar-refractivity contribution in [3.8, 4) is 5.75 Å². The molecule has 8 nitrogen and oxygen atoms in total. The third-order valence-electron chi connectivity index (χ3n) is 5.50. The first kappa shape index (κ1) is 22.3. The van der Waals surface area contributed by atoms with E-state index in [9.17, 15) is 9.59 Å². The van der Waals surface area contributed by atoms with Crippen LogP contribution in [0.15, 0.2) is 48.5 Å². The van der Waals surface area contributed by atoms with Crippen LogP contribution in [0.5, 0.6) is 5.75 Å². The molecule has 0 unspecified atom stereocenters. The first-order valence-electron chi connectivity index (χ1n) is 10.3. The lowest BCUT2D eigenvalue weighted by atomic mass is 9.96. The number of nitrogens with one attached hydrogen (secondary N) is 4. The molecule has 1 aliphatic rings. The van der Waals surface area contributed by atoms with E-state index in [1.807, 2.05) is 24.3 Å². The van der Waals surface area contributed by atoms with Crippen molar-refractivity contribution in [1.82, 2.24) is 16.0 Å². The number of rotatable bonds is 8. The molecular weight excluding hydrogens is 394 g/mol. The van der Waals surface area contributed by atoms with Gasteiger partial charge in [-0.1, -0.05) is 36.4 Å². The molecule has 0 spiro atoms. The molecule has 0 bridgehead atoms. The zero-order valence-electron chi connectivity index (χ0n) is 17.8. The summed E-state index contributed by atoms with van der Waals surface area (Å²) in [5.74, 6) is 0.575. The van der Waals surface area contributed by atoms with Crippen LogP contribution in [-0.4, -0.2) is 43.4 Å². The maximum atomic E-state index is 12.6. The molecule has 0 radical (unpaired) electrons. The SMILES string of the molecule is COc1cccc([C@H]2CN[C@@H](C(=O)N[C@@H](C)C(=O)NCc3ccc(C(=N)N)cc3)C2)c1. The highest BCUT2D eigenvalue weighted by Gasteiger charge is 2.31.